The summed E-state index contributed by atoms with van der Waals surface area (Å²) in [5.41, 5.74) is 2.87. The number of aromatic nitrogens is 3. The van der Waals surface area contributed by atoms with E-state index in [1.54, 1.807) is 12.3 Å². The fourth-order valence-corrected chi connectivity index (χ4v) is 4.53. The smallest absolute Gasteiger partial charge is 0.263 e. The number of aliphatic hydroxyl groups is 1. The fourth-order valence-electron chi connectivity index (χ4n) is 4.53. The van der Waals surface area contributed by atoms with Gasteiger partial charge in [-0.2, -0.15) is 0 Å². The molecule has 1 aliphatic rings. The number of benzene rings is 1. The molecule has 4 aromatic rings. The number of H-pyrrole nitrogens is 1. The largest absolute Gasteiger partial charge is 0.396 e. The molecular formula is C28H25F2N5O3. The monoisotopic (exact) mass is 517 g/mol. The number of nitrogens with zero attached hydrogens (tertiary/aromatic N) is 3. The molecule has 4 heterocycles. The van der Waals surface area contributed by atoms with Crippen molar-refractivity contribution in [3.05, 3.63) is 106 Å². The predicted octanol–water partition coefficient (Wildman–Crippen LogP) is 3.81. The summed E-state index contributed by atoms with van der Waals surface area (Å²) in [5, 5.41) is 13.2. The number of hydrogen-bond donors (Lipinski definition) is 3. The maximum Gasteiger partial charge on any atom is 0.263 e. The highest BCUT2D eigenvalue weighted by molar-refractivity contribution is 6.05. The number of aromatic amines is 1. The van der Waals surface area contributed by atoms with Crippen LogP contribution in [-0.4, -0.2) is 43.9 Å². The molecule has 0 saturated carbocycles. The number of hydrogen-bond acceptors (Lipinski definition) is 5. The Morgan fingerprint density at radius 2 is 2.05 bits per heavy atom. The van der Waals surface area contributed by atoms with Crippen molar-refractivity contribution in [1.29, 1.82) is 0 Å². The maximum atomic E-state index is 13.6. The number of aliphatic hydroxyl groups excluding tert-OH is 1. The van der Waals surface area contributed by atoms with Crippen molar-refractivity contribution in [2.75, 3.05) is 6.61 Å². The molecule has 0 aliphatic carbocycles. The van der Waals surface area contributed by atoms with Crippen LogP contribution >= 0.6 is 0 Å². The van der Waals surface area contributed by atoms with Crippen LogP contribution in [0.3, 0.4) is 0 Å². The first-order valence-electron chi connectivity index (χ1n) is 12.2. The second kappa shape index (κ2) is 10.9. The Morgan fingerprint density at radius 1 is 1.18 bits per heavy atom. The van der Waals surface area contributed by atoms with Gasteiger partial charge < -0.3 is 20.0 Å². The minimum absolute atomic E-state index is 0.0233. The Hall–Kier alpha value is -4.44. The van der Waals surface area contributed by atoms with Gasteiger partial charge in [0.15, 0.2) is 11.6 Å². The summed E-state index contributed by atoms with van der Waals surface area (Å²) in [7, 11) is 0. The van der Waals surface area contributed by atoms with Crippen LogP contribution in [0.2, 0.25) is 0 Å². The third-order valence-electron chi connectivity index (χ3n) is 6.46. The fraction of sp³-hybridized carbons (Fsp3) is 0.214. The van der Waals surface area contributed by atoms with E-state index in [4.69, 9.17) is 4.99 Å². The first kappa shape index (κ1) is 25.2. The number of rotatable bonds is 9. The number of halogens is 2. The van der Waals surface area contributed by atoms with Crippen LogP contribution in [0.4, 0.5) is 8.78 Å². The lowest BCUT2D eigenvalue weighted by molar-refractivity contribution is 0.0941. The Morgan fingerprint density at radius 3 is 2.87 bits per heavy atom. The summed E-state index contributed by atoms with van der Waals surface area (Å²) in [6.07, 6.45) is 8.39. The third-order valence-corrected chi connectivity index (χ3v) is 6.46. The zero-order chi connectivity index (χ0) is 26.6. The number of carbonyl (C=O) groups excluding carboxylic acids is 1. The summed E-state index contributed by atoms with van der Waals surface area (Å²) in [6, 6.07) is 9.68. The van der Waals surface area contributed by atoms with Crippen LogP contribution in [0, 0.1) is 11.6 Å². The minimum atomic E-state index is -1.01. The average Bonchev–Trinajstić information content (AvgIpc) is 3.57. The molecule has 0 radical (unpaired) electrons. The molecule has 1 atom stereocenters. The van der Waals surface area contributed by atoms with E-state index < -0.39 is 29.1 Å². The molecule has 1 aliphatic heterocycles. The molecule has 1 amide bonds. The molecule has 0 unspecified atom stereocenters. The highest BCUT2D eigenvalue weighted by Crippen LogP contribution is 2.29. The van der Waals surface area contributed by atoms with Crippen LogP contribution in [0.1, 0.15) is 40.7 Å². The highest BCUT2D eigenvalue weighted by atomic mass is 19.2. The van der Waals surface area contributed by atoms with E-state index in [-0.39, 0.29) is 18.7 Å². The lowest BCUT2D eigenvalue weighted by Crippen LogP contribution is -2.43. The van der Waals surface area contributed by atoms with Crippen molar-refractivity contribution < 1.29 is 18.7 Å². The molecule has 3 N–H and O–H groups in total. The molecule has 38 heavy (non-hydrogen) atoms. The van der Waals surface area contributed by atoms with Crippen molar-refractivity contribution in [1.82, 2.24) is 19.9 Å². The zero-order valence-corrected chi connectivity index (χ0v) is 20.3. The highest BCUT2D eigenvalue weighted by Gasteiger charge is 2.24. The van der Waals surface area contributed by atoms with E-state index in [2.05, 4.69) is 15.3 Å². The van der Waals surface area contributed by atoms with E-state index in [9.17, 15) is 23.5 Å². The van der Waals surface area contributed by atoms with Gasteiger partial charge in [-0.25, -0.2) is 13.8 Å². The van der Waals surface area contributed by atoms with Crippen molar-refractivity contribution in [2.45, 2.75) is 31.8 Å². The zero-order valence-electron chi connectivity index (χ0n) is 20.3. The van der Waals surface area contributed by atoms with E-state index in [1.807, 2.05) is 24.4 Å². The van der Waals surface area contributed by atoms with Gasteiger partial charge in [0.25, 0.3) is 11.5 Å². The van der Waals surface area contributed by atoms with Gasteiger partial charge in [-0.05, 0) is 54.8 Å². The number of allylic oxidation sites excluding steroid dienone is 1. The molecule has 194 valence electrons. The van der Waals surface area contributed by atoms with Crippen LogP contribution in [-0.2, 0) is 6.54 Å². The normalized spacial score (nSPS) is 13.9. The van der Waals surface area contributed by atoms with Gasteiger partial charge in [0.1, 0.15) is 11.2 Å². The van der Waals surface area contributed by atoms with Gasteiger partial charge in [-0.1, -0.05) is 12.1 Å². The summed E-state index contributed by atoms with van der Waals surface area (Å²) in [4.78, 5) is 38.5. The molecule has 1 aromatic carbocycles. The summed E-state index contributed by atoms with van der Waals surface area (Å²) in [5.74, 6) is -2.56. The van der Waals surface area contributed by atoms with Crippen molar-refractivity contribution in [3.8, 4) is 0 Å². The lowest BCUT2D eigenvalue weighted by Gasteiger charge is -2.19. The van der Waals surface area contributed by atoms with E-state index in [0.717, 1.165) is 40.1 Å². The average molecular weight is 518 g/mol. The number of fused-ring (bicyclic) bond motifs is 1. The van der Waals surface area contributed by atoms with Gasteiger partial charge in [0.2, 0.25) is 0 Å². The van der Waals surface area contributed by atoms with Gasteiger partial charge in [-0.3, -0.25) is 14.6 Å². The van der Waals surface area contributed by atoms with Crippen LogP contribution < -0.4 is 10.9 Å². The standard InChI is InChI=1S/C28H25F2N5O3/c29-21-8-7-17(14-22(21)30)16-35-12-2-5-19(28(35)38)27(37)34-24(6-3-13-36)25-10-9-23(33-25)20-15-32-26-18(20)4-1-11-31-26/h1-2,4-5,7-9,11-12,14-15,24,36H,3,6,10,13,16H2,(H,31,32)(H,34,37)/t24-/m1/s1. The van der Waals surface area contributed by atoms with Gasteiger partial charge in [-0.15, -0.1) is 0 Å². The first-order valence-corrected chi connectivity index (χ1v) is 12.2. The minimum Gasteiger partial charge on any atom is -0.396 e. The molecule has 10 heteroatoms. The molecular weight excluding hydrogens is 492 g/mol. The molecule has 0 fully saturated rings. The quantitative estimate of drug-likeness (QED) is 0.313. The second-order valence-electron chi connectivity index (χ2n) is 8.99. The third kappa shape index (κ3) is 5.16. The molecule has 0 bridgehead atoms. The first-order chi connectivity index (χ1) is 18.4. The number of aliphatic imine (C=N–C) groups is 1. The van der Waals surface area contributed by atoms with E-state index >= 15 is 0 Å². The Kier molecular flexibility index (Phi) is 7.23. The summed E-state index contributed by atoms with van der Waals surface area (Å²) >= 11 is 0. The van der Waals surface area contributed by atoms with Crippen LogP contribution in [0.5, 0.6) is 0 Å². The van der Waals surface area contributed by atoms with E-state index in [1.165, 1.54) is 22.9 Å². The van der Waals surface area contributed by atoms with Gasteiger partial charge in [0.05, 0.1) is 18.3 Å². The second-order valence-corrected chi connectivity index (χ2v) is 8.99. The molecule has 5 rings (SSSR count). The Labute approximate surface area is 216 Å². The number of nitrogens with one attached hydrogen (secondary N) is 2. The van der Waals surface area contributed by atoms with Crippen molar-refractivity contribution in [3.63, 3.8) is 0 Å². The molecule has 0 spiro atoms. The summed E-state index contributed by atoms with van der Waals surface area (Å²) in [6.45, 7) is -0.0784. The maximum absolute atomic E-state index is 13.6. The Bertz CT molecular complexity index is 1620. The lowest BCUT2D eigenvalue weighted by atomic mass is 10.0. The Balaban J connectivity index is 1.36. The van der Waals surface area contributed by atoms with E-state index in [0.29, 0.717) is 24.8 Å². The molecule has 0 saturated heterocycles. The predicted molar refractivity (Wildman–Crippen MR) is 140 cm³/mol. The number of pyridine rings is 2. The number of amides is 1. The SMILES string of the molecule is O=C(N[C@H](CCCO)C1=NC(c2c[nH]c3ncccc23)=CC1)c1cccn(Cc2ccc(F)c(F)c2)c1=O. The van der Waals surface area contributed by atoms with Crippen molar-refractivity contribution in [2.24, 2.45) is 4.99 Å². The molecule has 8 nitrogen and oxygen atoms in total. The van der Waals surface area contributed by atoms with Crippen molar-refractivity contribution >= 4 is 28.3 Å². The number of carbonyl (C=O) groups is 1. The summed E-state index contributed by atoms with van der Waals surface area (Å²) < 4.78 is 28.1. The van der Waals surface area contributed by atoms with Crippen LogP contribution in [0.25, 0.3) is 16.7 Å². The topological polar surface area (TPSA) is 112 Å². The van der Waals surface area contributed by atoms with Gasteiger partial charge in [0, 0.05) is 48.3 Å². The van der Waals surface area contributed by atoms with Crippen LogP contribution in [0.15, 0.2) is 76.9 Å². The van der Waals surface area contributed by atoms with Gasteiger partial charge >= 0.3 is 0 Å². The molecule has 3 aromatic heterocycles.